The van der Waals surface area contributed by atoms with Crippen molar-refractivity contribution in [1.29, 1.82) is 0 Å². The normalized spacial score (nSPS) is 21.5. The Kier molecular flexibility index (Phi) is 6.29. The zero-order chi connectivity index (χ0) is 29.2. The van der Waals surface area contributed by atoms with Gasteiger partial charge in [-0.05, 0) is 47.2 Å². The molecule has 5 heteroatoms. The highest BCUT2D eigenvalue weighted by Gasteiger charge is 2.71. The minimum Gasteiger partial charge on any atom is -0.352 e. The van der Waals surface area contributed by atoms with Crippen molar-refractivity contribution >= 4 is 40.7 Å². The minimum atomic E-state index is -1.51. The van der Waals surface area contributed by atoms with Crippen LogP contribution in [0.25, 0.3) is 6.08 Å². The molecule has 0 bridgehead atoms. The summed E-state index contributed by atoms with van der Waals surface area (Å²) in [5.74, 6) is -0.830. The standard InChI is InChI=1S/C37H30ClNO3/c1-22(2)21-23-11-13-26(14-12-23)34(40)33-32(25-15-18-27(38)19-16-25)37(35(41)28-8-4-5-9-29(28)36(37)42)31-20-17-24-7-3-6-10-30(24)39(31)33/h3-20,22,31-33H,21H2,1-2H3/t31-,32+,33-/m1/s1. The molecule has 0 aromatic heterocycles. The van der Waals surface area contributed by atoms with Gasteiger partial charge < -0.3 is 4.90 Å². The third kappa shape index (κ3) is 3.78. The Hall–Kier alpha value is -4.28. The number of hydrogen-bond acceptors (Lipinski definition) is 4. The van der Waals surface area contributed by atoms with E-state index in [4.69, 9.17) is 11.6 Å². The number of halogens is 1. The number of para-hydroxylation sites is 1. The Labute approximate surface area is 250 Å². The minimum absolute atomic E-state index is 0.116. The van der Waals surface area contributed by atoms with Gasteiger partial charge in [0.25, 0.3) is 0 Å². The number of anilines is 1. The first kappa shape index (κ1) is 26.6. The molecule has 4 nitrogen and oxygen atoms in total. The molecule has 208 valence electrons. The van der Waals surface area contributed by atoms with Crippen molar-refractivity contribution in [2.75, 3.05) is 4.90 Å². The lowest BCUT2D eigenvalue weighted by Gasteiger charge is -2.37. The number of Topliss-reactive ketones (excluding diaryl/α,β-unsaturated/α-hetero) is 3. The first-order chi connectivity index (χ1) is 20.3. The zero-order valence-electron chi connectivity index (χ0n) is 23.5. The second-order valence-electron chi connectivity index (χ2n) is 12.0. The summed E-state index contributed by atoms with van der Waals surface area (Å²) in [6.07, 6.45) is 4.85. The fraction of sp³-hybridized carbons (Fsp3) is 0.216. The molecule has 1 saturated heterocycles. The van der Waals surface area contributed by atoms with Crippen molar-refractivity contribution in [2.24, 2.45) is 11.3 Å². The molecule has 2 aliphatic heterocycles. The highest BCUT2D eigenvalue weighted by molar-refractivity contribution is 6.32. The molecule has 4 aromatic carbocycles. The molecule has 0 radical (unpaired) electrons. The number of benzene rings is 4. The Morgan fingerprint density at radius 3 is 2.10 bits per heavy atom. The van der Waals surface area contributed by atoms with E-state index in [2.05, 4.69) is 13.8 Å². The highest BCUT2D eigenvalue weighted by atomic mass is 35.5. The fourth-order valence-electron chi connectivity index (χ4n) is 7.41. The van der Waals surface area contributed by atoms with Crippen LogP contribution in [0.3, 0.4) is 0 Å². The molecule has 1 aliphatic carbocycles. The largest absolute Gasteiger partial charge is 0.352 e. The number of hydrogen-bond donors (Lipinski definition) is 0. The first-order valence-corrected chi connectivity index (χ1v) is 14.8. The molecule has 1 fully saturated rings. The van der Waals surface area contributed by atoms with Crippen molar-refractivity contribution in [3.63, 3.8) is 0 Å². The maximum atomic E-state index is 14.8. The fourth-order valence-corrected chi connectivity index (χ4v) is 7.53. The Morgan fingerprint density at radius 2 is 1.45 bits per heavy atom. The van der Waals surface area contributed by atoms with Gasteiger partial charge in [-0.3, -0.25) is 14.4 Å². The van der Waals surface area contributed by atoms with Gasteiger partial charge in [0.1, 0.15) is 11.5 Å². The third-order valence-corrected chi connectivity index (χ3v) is 9.35. The van der Waals surface area contributed by atoms with Gasteiger partial charge in [0, 0.05) is 33.3 Å². The van der Waals surface area contributed by atoms with E-state index in [-0.39, 0.29) is 17.3 Å². The molecule has 42 heavy (non-hydrogen) atoms. The van der Waals surface area contributed by atoms with E-state index in [1.54, 1.807) is 36.4 Å². The van der Waals surface area contributed by atoms with Crippen molar-refractivity contribution in [3.8, 4) is 0 Å². The molecule has 2 heterocycles. The van der Waals surface area contributed by atoms with E-state index in [0.29, 0.717) is 27.6 Å². The number of carbonyl (C=O) groups is 3. The molecule has 0 amide bonds. The highest BCUT2D eigenvalue weighted by Crippen LogP contribution is 2.61. The van der Waals surface area contributed by atoms with Gasteiger partial charge >= 0.3 is 0 Å². The maximum absolute atomic E-state index is 14.8. The lowest BCUT2D eigenvalue weighted by Crippen LogP contribution is -2.48. The maximum Gasteiger partial charge on any atom is 0.185 e. The van der Waals surface area contributed by atoms with Gasteiger partial charge in [-0.15, -0.1) is 0 Å². The average molecular weight is 572 g/mol. The topological polar surface area (TPSA) is 54.5 Å². The molecule has 7 rings (SSSR count). The van der Waals surface area contributed by atoms with E-state index < -0.39 is 23.4 Å². The van der Waals surface area contributed by atoms with E-state index in [1.807, 2.05) is 77.7 Å². The second kappa shape index (κ2) is 9.92. The number of ketones is 3. The van der Waals surface area contributed by atoms with Gasteiger partial charge in [0.15, 0.2) is 17.3 Å². The summed E-state index contributed by atoms with van der Waals surface area (Å²) in [6.45, 7) is 4.34. The molecular weight excluding hydrogens is 542 g/mol. The monoisotopic (exact) mass is 571 g/mol. The molecule has 3 atom stereocenters. The van der Waals surface area contributed by atoms with Crippen LogP contribution >= 0.6 is 11.6 Å². The summed E-state index contributed by atoms with van der Waals surface area (Å²) in [4.78, 5) is 46.2. The summed E-state index contributed by atoms with van der Waals surface area (Å²) < 4.78 is 0. The SMILES string of the molecule is CC(C)Cc1ccc(C(=O)[C@H]2[C@H](c3ccc(Cl)cc3)C3(C(=O)c4ccccc4C3=O)[C@H]3C=Cc4ccccc4N23)cc1. The van der Waals surface area contributed by atoms with Crippen molar-refractivity contribution in [3.05, 3.63) is 142 Å². The predicted octanol–water partition coefficient (Wildman–Crippen LogP) is 7.85. The summed E-state index contributed by atoms with van der Waals surface area (Å²) >= 11 is 6.31. The summed E-state index contributed by atoms with van der Waals surface area (Å²) in [6, 6.07) is 28.5. The predicted molar refractivity (Wildman–Crippen MR) is 167 cm³/mol. The molecule has 0 N–H and O–H groups in total. The third-order valence-electron chi connectivity index (χ3n) is 9.09. The molecule has 3 aliphatic rings. The lowest BCUT2D eigenvalue weighted by atomic mass is 9.64. The number of rotatable bonds is 5. The van der Waals surface area contributed by atoms with E-state index in [0.717, 1.165) is 23.2 Å². The van der Waals surface area contributed by atoms with Crippen LogP contribution in [0.1, 0.15) is 67.5 Å². The van der Waals surface area contributed by atoms with Crippen LogP contribution in [0.4, 0.5) is 5.69 Å². The molecule has 0 saturated carbocycles. The van der Waals surface area contributed by atoms with Crippen LogP contribution in [-0.4, -0.2) is 29.4 Å². The molecule has 1 spiro atoms. The summed E-state index contributed by atoms with van der Waals surface area (Å²) in [5, 5.41) is 0.546. The molecule has 4 aromatic rings. The van der Waals surface area contributed by atoms with E-state index in [9.17, 15) is 14.4 Å². The van der Waals surface area contributed by atoms with Gasteiger partial charge in [0.05, 0.1) is 6.04 Å². The number of nitrogens with zero attached hydrogens (tertiary/aromatic N) is 1. The van der Waals surface area contributed by atoms with Crippen molar-refractivity contribution in [1.82, 2.24) is 0 Å². The van der Waals surface area contributed by atoms with Gasteiger partial charge in [-0.2, -0.15) is 0 Å². The Bertz CT molecular complexity index is 1730. The first-order valence-electron chi connectivity index (χ1n) is 14.4. The van der Waals surface area contributed by atoms with Crippen LogP contribution in [0.2, 0.25) is 5.02 Å². The average Bonchev–Trinajstić information content (AvgIpc) is 3.43. The van der Waals surface area contributed by atoms with Crippen LogP contribution in [0, 0.1) is 11.3 Å². The lowest BCUT2D eigenvalue weighted by molar-refractivity contribution is 0.0666. The van der Waals surface area contributed by atoms with Crippen LogP contribution in [0.5, 0.6) is 0 Å². The second-order valence-corrected chi connectivity index (χ2v) is 12.4. The number of carbonyl (C=O) groups excluding carboxylic acids is 3. The van der Waals surface area contributed by atoms with Crippen molar-refractivity contribution < 1.29 is 14.4 Å². The van der Waals surface area contributed by atoms with Crippen LogP contribution in [-0.2, 0) is 6.42 Å². The zero-order valence-corrected chi connectivity index (χ0v) is 24.2. The van der Waals surface area contributed by atoms with Gasteiger partial charge in [-0.1, -0.05) is 116 Å². The molecular formula is C37H30ClNO3. The van der Waals surface area contributed by atoms with Crippen LogP contribution in [0.15, 0.2) is 103 Å². The van der Waals surface area contributed by atoms with Crippen molar-refractivity contribution in [2.45, 2.75) is 38.3 Å². The van der Waals surface area contributed by atoms with E-state index >= 15 is 0 Å². The smallest absolute Gasteiger partial charge is 0.185 e. The van der Waals surface area contributed by atoms with Gasteiger partial charge in [-0.25, -0.2) is 0 Å². The van der Waals surface area contributed by atoms with Crippen LogP contribution < -0.4 is 4.90 Å². The summed E-state index contributed by atoms with van der Waals surface area (Å²) in [5.41, 5.74) is 3.57. The van der Waals surface area contributed by atoms with E-state index in [1.165, 1.54) is 5.56 Å². The molecule has 0 unspecified atom stereocenters. The Balaban J connectivity index is 1.48. The number of fused-ring (bicyclic) bond motifs is 5. The summed E-state index contributed by atoms with van der Waals surface area (Å²) in [7, 11) is 0. The Morgan fingerprint density at radius 1 is 0.833 bits per heavy atom. The quantitative estimate of drug-likeness (QED) is 0.181. The van der Waals surface area contributed by atoms with Gasteiger partial charge in [0.2, 0.25) is 0 Å².